The molecule has 2 N–H and O–H groups in total. The van der Waals surface area contributed by atoms with Gasteiger partial charge in [0.05, 0.1) is 24.3 Å². The highest BCUT2D eigenvalue weighted by Crippen LogP contribution is 2.33. The van der Waals surface area contributed by atoms with Crippen molar-refractivity contribution in [2.24, 2.45) is 0 Å². The Morgan fingerprint density at radius 3 is 2.86 bits per heavy atom. The number of ether oxygens (including phenoxy) is 1. The predicted octanol–water partition coefficient (Wildman–Crippen LogP) is 2.96. The summed E-state index contributed by atoms with van der Waals surface area (Å²) in [5.74, 6) is 0.903. The summed E-state index contributed by atoms with van der Waals surface area (Å²) in [6.07, 6.45) is 1.43. The number of aromatic hydroxyl groups is 1. The maximum atomic E-state index is 9.93. The summed E-state index contributed by atoms with van der Waals surface area (Å²) >= 11 is 0. The van der Waals surface area contributed by atoms with Crippen LogP contribution in [0.3, 0.4) is 0 Å². The molecule has 0 unspecified atom stereocenters. The van der Waals surface area contributed by atoms with Crippen molar-refractivity contribution in [3.63, 3.8) is 0 Å². The highest BCUT2D eigenvalue weighted by atomic mass is 16.5. The third-order valence-electron chi connectivity index (χ3n) is 3.19. The molecule has 22 heavy (non-hydrogen) atoms. The van der Waals surface area contributed by atoms with Crippen molar-refractivity contribution in [1.29, 1.82) is 5.26 Å². The number of phenols is 1. The number of nitriles is 1. The molecule has 3 aromatic rings. The van der Waals surface area contributed by atoms with E-state index < -0.39 is 0 Å². The lowest BCUT2D eigenvalue weighted by Crippen LogP contribution is -1.97. The first-order valence-electron chi connectivity index (χ1n) is 6.50. The van der Waals surface area contributed by atoms with Gasteiger partial charge in [0.1, 0.15) is 12.1 Å². The number of fused-ring (bicyclic) bond motifs is 1. The van der Waals surface area contributed by atoms with E-state index in [2.05, 4.69) is 21.4 Å². The minimum atomic E-state index is 0.0126. The van der Waals surface area contributed by atoms with Gasteiger partial charge in [0, 0.05) is 17.1 Å². The first-order chi connectivity index (χ1) is 10.7. The second-order valence-corrected chi connectivity index (χ2v) is 4.58. The lowest BCUT2D eigenvalue weighted by Gasteiger charge is -2.10. The predicted molar refractivity (Wildman–Crippen MR) is 82.2 cm³/mol. The van der Waals surface area contributed by atoms with Crippen LogP contribution < -0.4 is 10.1 Å². The van der Waals surface area contributed by atoms with Crippen LogP contribution in [0.2, 0.25) is 0 Å². The molecule has 108 valence electrons. The Morgan fingerprint density at radius 1 is 1.23 bits per heavy atom. The van der Waals surface area contributed by atoms with E-state index in [-0.39, 0.29) is 5.75 Å². The lowest BCUT2D eigenvalue weighted by molar-refractivity contribution is 0.374. The number of phenolic OH excluding ortho intramolecular Hbond substituents is 1. The van der Waals surface area contributed by atoms with E-state index in [1.165, 1.54) is 13.4 Å². The lowest BCUT2D eigenvalue weighted by atomic mass is 10.2. The molecular weight excluding hydrogens is 280 g/mol. The van der Waals surface area contributed by atoms with Gasteiger partial charge in [0.2, 0.25) is 0 Å². The number of nitrogens with one attached hydrogen (secondary N) is 1. The highest BCUT2D eigenvalue weighted by molar-refractivity contribution is 5.92. The number of hydrogen-bond donors (Lipinski definition) is 2. The van der Waals surface area contributed by atoms with E-state index in [0.717, 1.165) is 5.69 Å². The molecule has 2 aromatic carbocycles. The van der Waals surface area contributed by atoms with E-state index in [0.29, 0.717) is 28.0 Å². The first-order valence-corrected chi connectivity index (χ1v) is 6.50. The van der Waals surface area contributed by atoms with Crippen LogP contribution in [0, 0.1) is 11.3 Å². The number of anilines is 2. The van der Waals surface area contributed by atoms with Crippen LogP contribution in [-0.4, -0.2) is 22.2 Å². The van der Waals surface area contributed by atoms with Gasteiger partial charge in [-0.15, -0.1) is 0 Å². The topological polar surface area (TPSA) is 91.1 Å². The number of aromatic nitrogens is 2. The Labute approximate surface area is 126 Å². The average molecular weight is 292 g/mol. The van der Waals surface area contributed by atoms with E-state index >= 15 is 0 Å². The molecule has 6 nitrogen and oxygen atoms in total. The third-order valence-corrected chi connectivity index (χ3v) is 3.19. The molecule has 0 atom stereocenters. The van der Waals surface area contributed by atoms with Crippen molar-refractivity contribution in [2.75, 3.05) is 12.4 Å². The van der Waals surface area contributed by atoms with Gasteiger partial charge in [0.25, 0.3) is 0 Å². The minimum absolute atomic E-state index is 0.0126. The molecule has 1 aromatic heterocycles. The van der Waals surface area contributed by atoms with E-state index in [9.17, 15) is 5.11 Å². The van der Waals surface area contributed by atoms with E-state index in [1.54, 1.807) is 30.3 Å². The average Bonchev–Trinajstić information content (AvgIpc) is 2.55. The Hall–Kier alpha value is -3.33. The number of hydrogen-bond acceptors (Lipinski definition) is 6. The van der Waals surface area contributed by atoms with Crippen molar-refractivity contribution >= 4 is 22.4 Å². The summed E-state index contributed by atoms with van der Waals surface area (Å²) in [6.45, 7) is 0. The molecule has 0 bridgehead atoms. The Balaban J connectivity index is 2.07. The fourth-order valence-electron chi connectivity index (χ4n) is 2.14. The zero-order chi connectivity index (χ0) is 15.5. The summed E-state index contributed by atoms with van der Waals surface area (Å²) in [5, 5.41) is 22.7. The molecule has 0 aliphatic carbocycles. The Kier molecular flexibility index (Phi) is 3.46. The van der Waals surface area contributed by atoms with E-state index in [1.807, 2.05) is 6.07 Å². The van der Waals surface area contributed by atoms with Gasteiger partial charge >= 0.3 is 0 Å². The number of benzene rings is 2. The first kappa shape index (κ1) is 13.6. The number of nitrogens with zero attached hydrogens (tertiary/aromatic N) is 3. The Morgan fingerprint density at radius 2 is 2.09 bits per heavy atom. The summed E-state index contributed by atoms with van der Waals surface area (Å²) in [4.78, 5) is 8.37. The summed E-state index contributed by atoms with van der Waals surface area (Å²) in [7, 11) is 1.48. The second kappa shape index (κ2) is 5.58. The zero-order valence-corrected chi connectivity index (χ0v) is 11.7. The van der Waals surface area contributed by atoms with Gasteiger partial charge < -0.3 is 15.2 Å². The monoisotopic (exact) mass is 292 g/mol. The fraction of sp³-hybridized carbons (Fsp3) is 0.0625. The van der Waals surface area contributed by atoms with Crippen molar-refractivity contribution in [3.8, 4) is 17.6 Å². The van der Waals surface area contributed by atoms with Gasteiger partial charge in [-0.25, -0.2) is 9.97 Å². The summed E-state index contributed by atoms with van der Waals surface area (Å²) < 4.78 is 5.07. The van der Waals surface area contributed by atoms with E-state index in [4.69, 9.17) is 10.00 Å². The zero-order valence-electron chi connectivity index (χ0n) is 11.7. The van der Waals surface area contributed by atoms with Gasteiger partial charge in [-0.1, -0.05) is 6.07 Å². The molecule has 0 fully saturated rings. The maximum absolute atomic E-state index is 9.93. The van der Waals surface area contributed by atoms with Gasteiger partial charge in [0.15, 0.2) is 11.5 Å². The van der Waals surface area contributed by atoms with Crippen molar-refractivity contribution in [1.82, 2.24) is 9.97 Å². The molecular formula is C16H12N4O2. The third kappa shape index (κ3) is 2.47. The molecule has 0 aliphatic rings. The minimum Gasteiger partial charge on any atom is -0.504 e. The second-order valence-electron chi connectivity index (χ2n) is 4.58. The van der Waals surface area contributed by atoms with Crippen LogP contribution >= 0.6 is 0 Å². The van der Waals surface area contributed by atoms with Crippen LogP contribution in [0.5, 0.6) is 11.5 Å². The molecule has 0 radical (unpaired) electrons. The molecule has 0 saturated carbocycles. The standard InChI is InChI=1S/C16H12N4O2/c1-22-15-7-13-12(6-14(15)21)16(19-9-18-13)20-11-4-2-3-10(5-11)8-17/h2-7,9,21H,1H3,(H,18,19,20). The van der Waals surface area contributed by atoms with Crippen LogP contribution in [0.25, 0.3) is 10.9 Å². The molecule has 6 heteroatoms. The van der Waals surface area contributed by atoms with Crippen molar-refractivity contribution in [2.45, 2.75) is 0 Å². The fourth-order valence-corrected chi connectivity index (χ4v) is 2.14. The molecule has 1 heterocycles. The quantitative estimate of drug-likeness (QED) is 0.771. The van der Waals surface area contributed by atoms with Crippen LogP contribution in [0.15, 0.2) is 42.7 Å². The number of methoxy groups -OCH3 is 1. The normalized spacial score (nSPS) is 10.2. The SMILES string of the molecule is COc1cc2ncnc(Nc3cccc(C#N)c3)c2cc1O. The van der Waals surface area contributed by atoms with Crippen LogP contribution in [-0.2, 0) is 0 Å². The van der Waals surface area contributed by atoms with Gasteiger partial charge in [-0.05, 0) is 24.3 Å². The molecule has 0 aliphatic heterocycles. The maximum Gasteiger partial charge on any atom is 0.162 e. The summed E-state index contributed by atoms with van der Waals surface area (Å²) in [6, 6.07) is 12.3. The molecule has 0 saturated heterocycles. The van der Waals surface area contributed by atoms with Crippen LogP contribution in [0.1, 0.15) is 5.56 Å². The van der Waals surface area contributed by atoms with Gasteiger partial charge in [-0.3, -0.25) is 0 Å². The summed E-state index contributed by atoms with van der Waals surface area (Å²) in [5.41, 5.74) is 1.92. The Bertz CT molecular complexity index is 887. The molecule has 3 rings (SSSR count). The van der Waals surface area contributed by atoms with Crippen molar-refractivity contribution < 1.29 is 9.84 Å². The number of rotatable bonds is 3. The largest absolute Gasteiger partial charge is 0.504 e. The highest BCUT2D eigenvalue weighted by Gasteiger charge is 2.10. The van der Waals surface area contributed by atoms with Gasteiger partial charge in [-0.2, -0.15) is 5.26 Å². The molecule has 0 spiro atoms. The smallest absolute Gasteiger partial charge is 0.162 e. The van der Waals surface area contributed by atoms with Crippen molar-refractivity contribution in [3.05, 3.63) is 48.3 Å². The molecule has 0 amide bonds. The van der Waals surface area contributed by atoms with Crippen LogP contribution in [0.4, 0.5) is 11.5 Å².